The van der Waals surface area contributed by atoms with Crippen molar-refractivity contribution in [3.05, 3.63) is 57.6 Å². The molecule has 0 saturated carbocycles. The number of benzene rings is 2. The average molecular weight is 302 g/mol. The van der Waals surface area contributed by atoms with Gasteiger partial charge in [0.05, 0.1) is 0 Å². The van der Waals surface area contributed by atoms with Gasteiger partial charge in [0.15, 0.2) is 0 Å². The summed E-state index contributed by atoms with van der Waals surface area (Å²) >= 11 is 6.33. The van der Waals surface area contributed by atoms with E-state index in [0.29, 0.717) is 6.04 Å². The summed E-state index contributed by atoms with van der Waals surface area (Å²) in [7, 11) is 0. The van der Waals surface area contributed by atoms with Crippen LogP contribution in [-0.4, -0.2) is 6.04 Å². The SMILES string of the molecule is Cc1cc(C)c(-c2ccc(Cl)c(CNC(C)C)c2)c(C)c1. The fraction of sp³-hybridized carbons (Fsp3) is 0.368. The molecule has 0 radical (unpaired) electrons. The maximum Gasteiger partial charge on any atom is 0.0451 e. The molecule has 0 fully saturated rings. The van der Waals surface area contributed by atoms with Crippen LogP contribution in [0, 0.1) is 20.8 Å². The first-order valence-electron chi connectivity index (χ1n) is 7.48. The summed E-state index contributed by atoms with van der Waals surface area (Å²) in [5.74, 6) is 0. The van der Waals surface area contributed by atoms with Crippen LogP contribution in [0.5, 0.6) is 0 Å². The maximum absolute atomic E-state index is 6.33. The third-order valence-corrected chi connectivity index (χ3v) is 4.08. The highest BCUT2D eigenvalue weighted by Gasteiger charge is 2.09. The van der Waals surface area contributed by atoms with Gasteiger partial charge in [-0.2, -0.15) is 0 Å². The van der Waals surface area contributed by atoms with Crippen LogP contribution in [0.3, 0.4) is 0 Å². The van der Waals surface area contributed by atoms with E-state index >= 15 is 0 Å². The molecule has 2 aromatic rings. The largest absolute Gasteiger partial charge is 0.310 e. The van der Waals surface area contributed by atoms with Crippen LogP contribution in [0.2, 0.25) is 5.02 Å². The molecule has 0 atom stereocenters. The van der Waals surface area contributed by atoms with Crippen molar-refractivity contribution in [2.24, 2.45) is 0 Å². The van der Waals surface area contributed by atoms with E-state index in [9.17, 15) is 0 Å². The fourth-order valence-electron chi connectivity index (χ4n) is 2.82. The third-order valence-electron chi connectivity index (χ3n) is 3.71. The highest BCUT2D eigenvalue weighted by atomic mass is 35.5. The van der Waals surface area contributed by atoms with Gasteiger partial charge in [0.2, 0.25) is 0 Å². The molecule has 2 rings (SSSR count). The van der Waals surface area contributed by atoms with Crippen molar-refractivity contribution in [2.45, 2.75) is 47.2 Å². The molecule has 1 nitrogen and oxygen atoms in total. The Morgan fingerprint density at radius 3 is 2.19 bits per heavy atom. The highest BCUT2D eigenvalue weighted by molar-refractivity contribution is 6.31. The van der Waals surface area contributed by atoms with Gasteiger partial charge in [0.1, 0.15) is 0 Å². The molecule has 0 aliphatic carbocycles. The Morgan fingerprint density at radius 2 is 1.62 bits per heavy atom. The molecule has 0 spiro atoms. The zero-order chi connectivity index (χ0) is 15.6. The molecular weight excluding hydrogens is 278 g/mol. The summed E-state index contributed by atoms with van der Waals surface area (Å²) in [5, 5.41) is 4.26. The number of hydrogen-bond donors (Lipinski definition) is 1. The van der Waals surface area contributed by atoms with E-state index in [0.717, 1.165) is 17.1 Å². The lowest BCUT2D eigenvalue weighted by Gasteiger charge is -2.15. The molecule has 0 amide bonds. The standard InChI is InChI=1S/C19H24ClN/c1-12(2)21-11-17-10-16(6-7-18(17)20)19-14(4)8-13(3)9-15(19)5/h6-10,12,21H,11H2,1-5H3. The van der Waals surface area contributed by atoms with Crippen LogP contribution in [0.25, 0.3) is 11.1 Å². The Morgan fingerprint density at radius 1 is 1.00 bits per heavy atom. The molecule has 112 valence electrons. The predicted molar refractivity (Wildman–Crippen MR) is 93.1 cm³/mol. The van der Waals surface area contributed by atoms with Crippen molar-refractivity contribution in [3.63, 3.8) is 0 Å². The Labute approximate surface area is 133 Å². The minimum Gasteiger partial charge on any atom is -0.310 e. The van der Waals surface area contributed by atoms with Crippen molar-refractivity contribution in [1.29, 1.82) is 0 Å². The van der Waals surface area contributed by atoms with Gasteiger partial charge >= 0.3 is 0 Å². The lowest BCUT2D eigenvalue weighted by atomic mass is 9.93. The Hall–Kier alpha value is -1.31. The highest BCUT2D eigenvalue weighted by Crippen LogP contribution is 2.31. The molecule has 0 aromatic heterocycles. The first-order valence-corrected chi connectivity index (χ1v) is 7.86. The second kappa shape index (κ2) is 6.64. The van der Waals surface area contributed by atoms with Crippen molar-refractivity contribution < 1.29 is 0 Å². The first-order chi connectivity index (χ1) is 9.88. The molecule has 0 bridgehead atoms. The normalized spacial score (nSPS) is 11.2. The van der Waals surface area contributed by atoms with Gasteiger partial charge in [-0.1, -0.05) is 49.2 Å². The van der Waals surface area contributed by atoms with Gasteiger partial charge in [-0.05, 0) is 60.7 Å². The van der Waals surface area contributed by atoms with Crippen molar-refractivity contribution >= 4 is 11.6 Å². The van der Waals surface area contributed by atoms with E-state index in [4.69, 9.17) is 11.6 Å². The summed E-state index contributed by atoms with van der Waals surface area (Å²) in [5.41, 5.74) is 7.67. The molecule has 1 N–H and O–H groups in total. The van der Waals surface area contributed by atoms with Crippen molar-refractivity contribution in [2.75, 3.05) is 0 Å². The monoisotopic (exact) mass is 301 g/mol. The molecular formula is C19H24ClN. The number of hydrogen-bond acceptors (Lipinski definition) is 1. The summed E-state index contributed by atoms with van der Waals surface area (Å²) in [6.07, 6.45) is 0. The van der Waals surface area contributed by atoms with Gasteiger partial charge in [-0.25, -0.2) is 0 Å². The number of aryl methyl sites for hydroxylation is 3. The second-order valence-corrected chi connectivity index (χ2v) is 6.52. The number of nitrogens with one attached hydrogen (secondary N) is 1. The number of halogens is 1. The van der Waals surface area contributed by atoms with Crippen molar-refractivity contribution in [1.82, 2.24) is 5.32 Å². The third kappa shape index (κ3) is 3.87. The molecule has 2 aromatic carbocycles. The Balaban J connectivity index is 2.44. The minimum absolute atomic E-state index is 0.451. The molecule has 0 saturated heterocycles. The van der Waals surface area contributed by atoms with Gasteiger partial charge in [0.25, 0.3) is 0 Å². The lowest BCUT2D eigenvalue weighted by molar-refractivity contribution is 0.589. The smallest absolute Gasteiger partial charge is 0.0451 e. The van der Waals surface area contributed by atoms with Crippen LogP contribution in [0.15, 0.2) is 30.3 Å². The average Bonchev–Trinajstić information content (AvgIpc) is 2.37. The lowest BCUT2D eigenvalue weighted by Crippen LogP contribution is -2.22. The van der Waals surface area contributed by atoms with Crippen LogP contribution in [-0.2, 0) is 6.54 Å². The minimum atomic E-state index is 0.451. The van der Waals surface area contributed by atoms with Crippen molar-refractivity contribution in [3.8, 4) is 11.1 Å². The molecule has 0 aliphatic rings. The van der Waals surface area contributed by atoms with Crippen LogP contribution >= 0.6 is 11.6 Å². The van der Waals surface area contributed by atoms with Crippen LogP contribution < -0.4 is 5.32 Å². The van der Waals surface area contributed by atoms with E-state index in [1.807, 2.05) is 6.07 Å². The van der Waals surface area contributed by atoms with E-state index in [-0.39, 0.29) is 0 Å². The van der Waals surface area contributed by atoms with Gasteiger partial charge in [0, 0.05) is 17.6 Å². The molecule has 21 heavy (non-hydrogen) atoms. The molecule has 0 aliphatic heterocycles. The van der Waals surface area contributed by atoms with E-state index in [1.165, 1.54) is 27.8 Å². The summed E-state index contributed by atoms with van der Waals surface area (Å²) in [4.78, 5) is 0. The van der Waals surface area contributed by atoms with E-state index < -0.39 is 0 Å². The number of rotatable bonds is 4. The van der Waals surface area contributed by atoms with Gasteiger partial charge in [-0.15, -0.1) is 0 Å². The topological polar surface area (TPSA) is 12.0 Å². The summed E-state index contributed by atoms with van der Waals surface area (Å²) < 4.78 is 0. The molecule has 0 heterocycles. The quantitative estimate of drug-likeness (QED) is 0.794. The Bertz CT molecular complexity index is 621. The fourth-order valence-corrected chi connectivity index (χ4v) is 3.00. The zero-order valence-corrected chi connectivity index (χ0v) is 14.3. The summed E-state index contributed by atoms with van der Waals surface area (Å²) in [6, 6.07) is 11.3. The van der Waals surface area contributed by atoms with E-state index in [1.54, 1.807) is 0 Å². The predicted octanol–water partition coefficient (Wildman–Crippen LogP) is 5.43. The zero-order valence-electron chi connectivity index (χ0n) is 13.5. The van der Waals surface area contributed by atoms with E-state index in [2.05, 4.69) is 64.2 Å². The maximum atomic E-state index is 6.33. The first kappa shape index (κ1) is 16.1. The summed E-state index contributed by atoms with van der Waals surface area (Å²) in [6.45, 7) is 11.6. The van der Waals surface area contributed by atoms with Gasteiger partial charge < -0.3 is 5.32 Å². The van der Waals surface area contributed by atoms with Crippen LogP contribution in [0.1, 0.15) is 36.1 Å². The van der Waals surface area contributed by atoms with Gasteiger partial charge in [-0.3, -0.25) is 0 Å². The second-order valence-electron chi connectivity index (χ2n) is 6.12. The Kier molecular flexibility index (Phi) is 5.08. The molecule has 2 heteroatoms. The van der Waals surface area contributed by atoms with Crippen LogP contribution in [0.4, 0.5) is 0 Å². The molecule has 0 unspecified atom stereocenters.